The molecule has 1 rings (SSSR count). The summed E-state index contributed by atoms with van der Waals surface area (Å²) in [5.41, 5.74) is 0.495. The maximum Gasteiger partial charge on any atom is 0.161 e. The van der Waals surface area contributed by atoms with Crippen LogP contribution in [0.2, 0.25) is 0 Å². The van der Waals surface area contributed by atoms with Crippen LogP contribution >= 0.6 is 0 Å². The molecule has 7 heteroatoms. The Morgan fingerprint density at radius 1 is 1.14 bits per heavy atom. The van der Waals surface area contributed by atoms with E-state index in [-0.39, 0.29) is 0 Å². The lowest BCUT2D eigenvalue weighted by molar-refractivity contribution is -0.0735. The normalized spacial score (nSPS) is 16.2. The summed E-state index contributed by atoms with van der Waals surface area (Å²) in [6.45, 7) is -0.734. The Labute approximate surface area is 122 Å². The van der Waals surface area contributed by atoms with Crippen molar-refractivity contribution in [2.45, 2.75) is 18.3 Å². The highest BCUT2D eigenvalue weighted by Gasteiger charge is 2.27. The largest absolute Gasteiger partial charge is 0.509 e. The summed E-state index contributed by atoms with van der Waals surface area (Å²) < 4.78 is 10.2. The summed E-state index contributed by atoms with van der Waals surface area (Å²) >= 11 is 0. The highest BCUT2D eigenvalue weighted by atomic mass is 16.5. The van der Waals surface area contributed by atoms with Crippen LogP contribution in [0.15, 0.2) is 24.0 Å². The first-order valence-electron chi connectivity index (χ1n) is 6.22. The predicted octanol–water partition coefficient (Wildman–Crippen LogP) is -0.322. The van der Waals surface area contributed by atoms with Crippen molar-refractivity contribution >= 4 is 6.08 Å². The quantitative estimate of drug-likeness (QED) is 0.438. The predicted molar refractivity (Wildman–Crippen MR) is 75.3 cm³/mol. The van der Waals surface area contributed by atoms with Gasteiger partial charge in [0.05, 0.1) is 20.8 Å². The van der Waals surface area contributed by atoms with Gasteiger partial charge in [-0.05, 0) is 23.8 Å². The average molecular weight is 300 g/mol. The molecule has 7 nitrogen and oxygen atoms in total. The molecule has 0 heterocycles. The lowest BCUT2D eigenvalue weighted by Crippen LogP contribution is -2.40. The highest BCUT2D eigenvalue weighted by Crippen LogP contribution is 2.28. The van der Waals surface area contributed by atoms with Crippen LogP contribution in [0.3, 0.4) is 0 Å². The van der Waals surface area contributed by atoms with Crippen LogP contribution in [0.25, 0.3) is 6.08 Å². The molecule has 0 bridgehead atoms. The molecule has 0 aliphatic heterocycles. The third-order valence-corrected chi connectivity index (χ3v) is 2.93. The maximum atomic E-state index is 9.76. The molecule has 0 fully saturated rings. The van der Waals surface area contributed by atoms with Gasteiger partial charge in [-0.15, -0.1) is 0 Å². The average Bonchev–Trinajstić information content (AvgIpc) is 2.52. The van der Waals surface area contributed by atoms with Gasteiger partial charge in [-0.2, -0.15) is 0 Å². The number of hydrogen-bond acceptors (Lipinski definition) is 7. The molecule has 0 unspecified atom stereocenters. The molecule has 21 heavy (non-hydrogen) atoms. The van der Waals surface area contributed by atoms with Gasteiger partial charge >= 0.3 is 0 Å². The molecular formula is C14H20O7. The lowest BCUT2D eigenvalue weighted by atomic mass is 10.0. The molecule has 1 aromatic carbocycles. The van der Waals surface area contributed by atoms with Crippen LogP contribution in [-0.2, 0) is 0 Å². The lowest BCUT2D eigenvalue weighted by Gasteiger charge is -2.21. The van der Waals surface area contributed by atoms with E-state index in [9.17, 15) is 20.4 Å². The molecule has 0 aliphatic rings. The first-order chi connectivity index (χ1) is 9.94. The maximum absolute atomic E-state index is 9.76. The van der Waals surface area contributed by atoms with Crippen LogP contribution in [0.5, 0.6) is 11.5 Å². The minimum Gasteiger partial charge on any atom is -0.509 e. The molecule has 0 saturated carbocycles. The molecule has 0 amide bonds. The summed E-state index contributed by atoms with van der Waals surface area (Å²) in [5, 5.41) is 46.9. The number of benzene rings is 1. The van der Waals surface area contributed by atoms with Crippen molar-refractivity contribution < 1.29 is 35.0 Å². The van der Waals surface area contributed by atoms with Gasteiger partial charge in [0.1, 0.15) is 24.1 Å². The van der Waals surface area contributed by atoms with Gasteiger partial charge in [0, 0.05) is 0 Å². The van der Waals surface area contributed by atoms with Crippen LogP contribution < -0.4 is 9.47 Å². The van der Waals surface area contributed by atoms with E-state index in [1.165, 1.54) is 20.3 Å². The first kappa shape index (κ1) is 17.3. The molecular weight excluding hydrogens is 280 g/mol. The Hall–Kier alpha value is -1.80. The van der Waals surface area contributed by atoms with E-state index < -0.39 is 30.7 Å². The Morgan fingerprint density at radius 3 is 2.29 bits per heavy atom. The monoisotopic (exact) mass is 300 g/mol. The third-order valence-electron chi connectivity index (χ3n) is 2.93. The van der Waals surface area contributed by atoms with Gasteiger partial charge in [0.15, 0.2) is 11.5 Å². The SMILES string of the molecule is COc1ccc(C=C(O)[C@H](O)[C@@H](O)[C@H](O)CO)cc1OC. The van der Waals surface area contributed by atoms with Crippen LogP contribution in [0.1, 0.15) is 5.56 Å². The van der Waals surface area contributed by atoms with E-state index in [1.54, 1.807) is 18.2 Å². The molecule has 0 radical (unpaired) electrons. The molecule has 3 atom stereocenters. The van der Waals surface area contributed by atoms with Gasteiger partial charge in [0.25, 0.3) is 0 Å². The van der Waals surface area contributed by atoms with Crippen molar-refractivity contribution in [3.8, 4) is 11.5 Å². The second kappa shape index (κ2) is 7.84. The number of rotatable bonds is 7. The zero-order chi connectivity index (χ0) is 16.0. The zero-order valence-corrected chi connectivity index (χ0v) is 11.8. The van der Waals surface area contributed by atoms with Gasteiger partial charge < -0.3 is 35.0 Å². The Balaban J connectivity index is 2.96. The molecule has 118 valence electrons. The minimum atomic E-state index is -1.72. The second-order valence-corrected chi connectivity index (χ2v) is 4.37. The van der Waals surface area contributed by atoms with E-state index in [1.807, 2.05) is 0 Å². The molecule has 0 spiro atoms. The number of ether oxygens (including phenoxy) is 2. The fraction of sp³-hybridized carbons (Fsp3) is 0.429. The topological polar surface area (TPSA) is 120 Å². The number of aliphatic hydroxyl groups excluding tert-OH is 5. The number of methoxy groups -OCH3 is 2. The first-order valence-corrected chi connectivity index (χ1v) is 6.22. The summed E-state index contributed by atoms with van der Waals surface area (Å²) in [4.78, 5) is 0. The summed E-state index contributed by atoms with van der Waals surface area (Å²) in [5.74, 6) is 0.386. The molecule has 5 N–H and O–H groups in total. The van der Waals surface area contributed by atoms with Crippen molar-refractivity contribution in [3.63, 3.8) is 0 Å². The third kappa shape index (κ3) is 4.33. The van der Waals surface area contributed by atoms with Crippen molar-refractivity contribution in [2.24, 2.45) is 0 Å². The van der Waals surface area contributed by atoms with E-state index in [0.717, 1.165) is 0 Å². The van der Waals surface area contributed by atoms with E-state index in [0.29, 0.717) is 17.1 Å². The van der Waals surface area contributed by atoms with Crippen LogP contribution in [-0.4, -0.2) is 64.7 Å². The van der Waals surface area contributed by atoms with E-state index in [4.69, 9.17) is 14.6 Å². The smallest absolute Gasteiger partial charge is 0.161 e. The van der Waals surface area contributed by atoms with Gasteiger partial charge in [-0.3, -0.25) is 0 Å². The summed E-state index contributed by atoms with van der Waals surface area (Å²) in [6.07, 6.45) is -3.77. The molecule has 0 aliphatic carbocycles. The fourth-order valence-corrected chi connectivity index (χ4v) is 1.69. The number of aliphatic hydroxyl groups is 5. The second-order valence-electron chi connectivity index (χ2n) is 4.37. The molecule has 1 aromatic rings. The van der Waals surface area contributed by atoms with Crippen molar-refractivity contribution in [1.29, 1.82) is 0 Å². The summed E-state index contributed by atoms with van der Waals surface area (Å²) in [7, 11) is 2.95. The minimum absolute atomic E-state index is 0.435. The standard InChI is InChI=1S/C14H20O7/c1-20-11-4-3-8(6-12(11)21-2)5-9(16)13(18)14(19)10(17)7-15/h3-6,10,13-19H,7H2,1-2H3/t10-,13+,14+/m1/s1. The van der Waals surface area contributed by atoms with Gasteiger partial charge in [0.2, 0.25) is 0 Å². The van der Waals surface area contributed by atoms with Gasteiger partial charge in [-0.25, -0.2) is 0 Å². The Kier molecular flexibility index (Phi) is 6.44. The van der Waals surface area contributed by atoms with E-state index >= 15 is 0 Å². The van der Waals surface area contributed by atoms with Crippen LogP contribution in [0, 0.1) is 0 Å². The van der Waals surface area contributed by atoms with Crippen molar-refractivity contribution in [1.82, 2.24) is 0 Å². The Bertz CT molecular complexity index is 486. The zero-order valence-electron chi connectivity index (χ0n) is 11.8. The fourth-order valence-electron chi connectivity index (χ4n) is 1.69. The van der Waals surface area contributed by atoms with Crippen LogP contribution in [0.4, 0.5) is 0 Å². The van der Waals surface area contributed by atoms with E-state index in [2.05, 4.69) is 0 Å². The van der Waals surface area contributed by atoms with Crippen molar-refractivity contribution in [2.75, 3.05) is 20.8 Å². The highest BCUT2D eigenvalue weighted by molar-refractivity contribution is 5.57. The van der Waals surface area contributed by atoms with Crippen molar-refractivity contribution in [3.05, 3.63) is 29.5 Å². The summed E-state index contributed by atoms with van der Waals surface area (Å²) in [6, 6.07) is 4.79. The molecule has 0 aromatic heterocycles. The van der Waals surface area contributed by atoms with Gasteiger partial charge in [-0.1, -0.05) is 6.07 Å². The Morgan fingerprint density at radius 2 is 1.76 bits per heavy atom. The number of hydrogen-bond donors (Lipinski definition) is 5. The molecule has 0 saturated heterocycles.